The number of halogens is 2. The fourth-order valence-corrected chi connectivity index (χ4v) is 40.0. The van der Waals surface area contributed by atoms with E-state index < -0.39 is 48.4 Å². The third-order valence-corrected chi connectivity index (χ3v) is 64.6. The molecule has 15 aromatic rings. The third kappa shape index (κ3) is 17.2. The molecule has 0 saturated heterocycles. The summed E-state index contributed by atoms with van der Waals surface area (Å²) >= 11 is 5.49. The van der Waals surface area contributed by atoms with Crippen LogP contribution < -0.4 is 0 Å². The van der Waals surface area contributed by atoms with Gasteiger partial charge in [-0.25, -0.2) is 0 Å². The van der Waals surface area contributed by atoms with Gasteiger partial charge < -0.3 is 0 Å². The second-order valence-electron chi connectivity index (χ2n) is 32.2. The predicted molar refractivity (Wildman–Crippen MR) is 539 cm³/mol. The largest absolute Gasteiger partial charge is 0.144 e. The molecule has 0 amide bonds. The van der Waals surface area contributed by atoms with Gasteiger partial charge in [-0.15, -0.1) is 67.5 Å². The van der Waals surface area contributed by atoms with Crippen LogP contribution >= 0.6 is 45.3 Å². The minimum Gasteiger partial charge on any atom is -0.144 e. The fraction of sp³-hybridized carbons (Fsp3) is 0.353. The van der Waals surface area contributed by atoms with Crippen molar-refractivity contribution in [3.63, 3.8) is 0 Å². The smallest absolute Gasteiger partial charge is 0.138 e. The molecule has 116 heavy (non-hydrogen) atoms. The average molecular weight is 1930 g/mol. The maximum Gasteiger partial charge on any atom is 0.138 e. The first-order chi connectivity index (χ1) is 56.1. The summed E-state index contributed by atoms with van der Waals surface area (Å²) < 4.78 is 41.4. The van der Waals surface area contributed by atoms with E-state index in [1.54, 1.807) is 18.9 Å². The second-order valence-corrected chi connectivity index (χ2v) is 71.2. The van der Waals surface area contributed by atoms with Gasteiger partial charge in [0.1, 0.15) is 32.3 Å². The molecule has 594 valence electrons. The standard InChI is InChI=1S/C34H36F2S2Si2.C34H38S2Si2.C34H38Si2Te2/c1-7-39(8-2,9-3)15-13-25-27-17-23-19-33(35)38-32(23)22-30(27)26(14-16-40(10-4,11-5)12-6)28-18-24-20-34(36)37-31(24)21-29(25)28;1-7-37(8-2,9-3)19-15-27-29-21-25-13-17-36-34(25)24-32(29)28(16-20-38(10-4,11-5)12-6)30-22-26-14-18-35-33(26)23-31(27)30;1-7-35(8-2,9-3)17-13-27-29-21-25-15-19-38-34(25)24-32(29)28(14-18-36(10-4,11-5)12-6)30-22-26-16-20-37-33(26)23-31(27)30/h17-22H,7-12H2,1-6H3;13-14,17-18,21-24H,7-12H2,1-6H3;15-16,19-24H,7-12H2,1-6H3. The Kier molecular flexibility index (Phi) is 28.4. The molecule has 0 bridgehead atoms. The Bertz CT molecular complexity index is 5680. The van der Waals surface area contributed by atoms with E-state index in [0.29, 0.717) is 0 Å². The van der Waals surface area contributed by atoms with Gasteiger partial charge in [-0.1, -0.05) is 107 Å². The Morgan fingerprint density at radius 3 is 0.690 bits per heavy atom. The summed E-state index contributed by atoms with van der Waals surface area (Å²) in [7, 11) is -9.85. The van der Waals surface area contributed by atoms with Crippen molar-refractivity contribution in [1.82, 2.24) is 0 Å². The number of thiophene rings is 4. The van der Waals surface area contributed by atoms with Gasteiger partial charge in [0, 0.05) is 62.6 Å². The summed E-state index contributed by atoms with van der Waals surface area (Å²) in [5.74, 6) is 22.9. The summed E-state index contributed by atoms with van der Waals surface area (Å²) in [5.41, 5.74) is 30.3. The van der Waals surface area contributed by atoms with Gasteiger partial charge in [0.15, 0.2) is 10.3 Å². The van der Waals surface area contributed by atoms with Crippen LogP contribution in [0.1, 0.15) is 158 Å². The first kappa shape index (κ1) is 87.8. The maximum absolute atomic E-state index is 14.5. The average Bonchev–Trinajstić information content (AvgIpc) is 1.11. The first-order valence-electron chi connectivity index (χ1n) is 43.1. The van der Waals surface area contributed by atoms with Crippen molar-refractivity contribution < 1.29 is 8.78 Å². The van der Waals surface area contributed by atoms with Crippen molar-refractivity contribution in [2.75, 3.05) is 0 Å². The van der Waals surface area contributed by atoms with Crippen LogP contribution in [-0.2, 0) is 0 Å². The Hall–Kier alpha value is -6.04. The van der Waals surface area contributed by atoms with Crippen LogP contribution in [0.4, 0.5) is 8.78 Å². The van der Waals surface area contributed by atoms with E-state index in [1.807, 2.05) is 22.7 Å². The Morgan fingerprint density at radius 2 is 0.448 bits per heavy atom. The van der Waals surface area contributed by atoms with Crippen molar-refractivity contribution in [3.05, 3.63) is 172 Å². The summed E-state index contributed by atoms with van der Waals surface area (Å²) in [6, 6.07) is 61.8. The van der Waals surface area contributed by atoms with Crippen LogP contribution in [0.2, 0.25) is 109 Å². The van der Waals surface area contributed by atoms with Crippen molar-refractivity contribution in [3.8, 4) is 68.8 Å². The Labute approximate surface area is 732 Å². The molecule has 0 N–H and O–H groups in total. The normalized spacial score (nSPS) is 12.2. The maximum atomic E-state index is 14.5. The van der Waals surface area contributed by atoms with Gasteiger partial charge >= 0.3 is 253 Å². The Balaban J connectivity index is 0.000000151. The zero-order valence-electron chi connectivity index (χ0n) is 71.6. The molecule has 6 heterocycles. The molecule has 0 spiro atoms. The molecule has 0 aliphatic heterocycles. The van der Waals surface area contributed by atoms with Gasteiger partial charge in [-0.3, -0.25) is 0 Å². The number of hydrogen-bond donors (Lipinski definition) is 0. The molecule has 0 saturated carbocycles. The third-order valence-electron chi connectivity index (χ3n) is 27.8. The number of hydrogen-bond acceptors (Lipinski definition) is 4. The van der Waals surface area contributed by atoms with Crippen molar-refractivity contribution >= 4 is 257 Å². The summed E-state index contributed by atoms with van der Waals surface area (Å²) in [4.78, 5) is 0. The minimum absolute atomic E-state index is 0.185. The molecular weight excluding hydrogens is 1820 g/mol. The molecular formula is C102H112F2S4Si6Te2. The molecule has 0 radical (unpaired) electrons. The van der Waals surface area contributed by atoms with Crippen LogP contribution in [0.3, 0.4) is 0 Å². The molecule has 0 aliphatic carbocycles. The summed E-state index contributed by atoms with van der Waals surface area (Å²) in [5, 5.41) is 25.9. The van der Waals surface area contributed by atoms with Gasteiger partial charge in [-0.05, 0) is 199 Å². The van der Waals surface area contributed by atoms with E-state index in [9.17, 15) is 8.78 Å². The zero-order chi connectivity index (χ0) is 82.5. The minimum atomic E-state index is -1.74. The first-order valence-corrected chi connectivity index (χ1v) is 67.3. The quantitative estimate of drug-likeness (QED) is 0.0456. The van der Waals surface area contributed by atoms with Crippen LogP contribution in [0.5, 0.6) is 0 Å². The molecule has 0 fully saturated rings. The monoisotopic (exact) mass is 1930 g/mol. The molecule has 0 aliphatic rings. The molecule has 0 unspecified atom stereocenters. The van der Waals surface area contributed by atoms with Gasteiger partial charge in [0.05, 0.1) is 0 Å². The van der Waals surface area contributed by atoms with Gasteiger partial charge in [0.25, 0.3) is 0 Å². The number of benzene rings is 9. The van der Waals surface area contributed by atoms with Gasteiger partial charge in [0.2, 0.25) is 0 Å². The van der Waals surface area contributed by atoms with Crippen molar-refractivity contribution in [2.24, 2.45) is 0 Å². The molecule has 15 rings (SSSR count). The van der Waals surface area contributed by atoms with Gasteiger partial charge in [-0.2, -0.15) is 8.78 Å². The van der Waals surface area contributed by atoms with E-state index in [-0.39, 0.29) is 51.1 Å². The predicted octanol–water partition coefficient (Wildman–Crippen LogP) is 31.9. The van der Waals surface area contributed by atoms with Crippen molar-refractivity contribution in [2.45, 2.75) is 233 Å². The van der Waals surface area contributed by atoms with Crippen LogP contribution in [0.15, 0.2) is 128 Å². The van der Waals surface area contributed by atoms with Crippen LogP contribution in [0.25, 0.3) is 123 Å². The van der Waals surface area contributed by atoms with E-state index in [0.717, 1.165) is 89.1 Å². The molecule has 14 heteroatoms. The number of rotatable bonds is 18. The molecule has 6 aromatic heterocycles. The van der Waals surface area contributed by atoms with E-state index >= 15 is 0 Å². The SMILES string of the molecule is CC[Si](C#Cc1c2cc3cc(F)sc3cc2c(C#C[Si](CC)(CC)CC)c2cc3cc(F)sc3cc12)(CC)CC.CC[Si](C#Cc1c2cc3cc[te]c3cc2c(C#C[Si](CC)(CC)CC)c2cc3cc[te]c3cc12)(CC)CC.CC[Si](C#Cc1c2cc3ccsc3cc2c(C#C[Si](CC)(CC)CC)c2cc3ccsc3cc12)(CC)CC. The zero-order valence-corrected chi connectivity index (χ0v) is 85.6. The van der Waals surface area contributed by atoms with Crippen molar-refractivity contribution in [1.29, 1.82) is 0 Å². The Morgan fingerprint density at radius 1 is 0.241 bits per heavy atom. The van der Waals surface area contributed by atoms with E-state index in [2.05, 4.69) is 309 Å². The molecule has 0 nitrogen and oxygen atoms in total. The fourth-order valence-electron chi connectivity index (χ4n) is 17.6. The summed E-state index contributed by atoms with van der Waals surface area (Å²) in [6.07, 6.45) is 0. The summed E-state index contributed by atoms with van der Waals surface area (Å²) in [6.45, 7) is 41.8. The molecule has 0 atom stereocenters. The van der Waals surface area contributed by atoms with E-state index in [1.165, 1.54) is 191 Å². The molecule has 9 aromatic carbocycles. The van der Waals surface area contributed by atoms with Crippen LogP contribution in [-0.4, -0.2) is 89.3 Å². The van der Waals surface area contributed by atoms with Crippen LogP contribution in [0, 0.1) is 79.0 Å². The second kappa shape index (κ2) is 37.5. The topological polar surface area (TPSA) is 0 Å². The number of fused-ring (bicyclic) bond motifs is 12. The van der Waals surface area contributed by atoms with E-state index in [4.69, 9.17) is 0 Å².